The molecular weight excluding hydrogens is 394 g/mol. The fraction of sp³-hybridized carbons (Fsp3) is 0.333. The van der Waals surface area contributed by atoms with Crippen molar-refractivity contribution >= 4 is 15.8 Å². The third-order valence-electron chi connectivity index (χ3n) is 4.99. The highest BCUT2D eigenvalue weighted by Crippen LogP contribution is 2.28. The second-order valence-corrected chi connectivity index (χ2v) is 8.89. The lowest BCUT2D eigenvalue weighted by atomic mass is 9.83. The van der Waals surface area contributed by atoms with Gasteiger partial charge in [-0.1, -0.05) is 6.07 Å². The fourth-order valence-electron chi connectivity index (χ4n) is 3.23. The molecule has 10 nitrogen and oxygen atoms in total. The molecule has 0 atom stereocenters. The SMILES string of the molecule is Cc1ccc(S(=O)(=O)NC[C@H]2C[C@H](O)C2)cc1-c1cnc(N)c(-n2cncn2)n1. The van der Waals surface area contributed by atoms with Crippen molar-refractivity contribution in [3.8, 4) is 17.1 Å². The summed E-state index contributed by atoms with van der Waals surface area (Å²) in [5.41, 5.74) is 7.85. The van der Waals surface area contributed by atoms with Gasteiger partial charge in [0.15, 0.2) is 11.6 Å². The van der Waals surface area contributed by atoms with E-state index in [1.807, 2.05) is 6.92 Å². The lowest BCUT2D eigenvalue weighted by Crippen LogP contribution is -2.38. The second-order valence-electron chi connectivity index (χ2n) is 7.12. The predicted octanol–water partition coefficient (Wildman–Crippen LogP) is 0.664. The number of benzene rings is 1. The number of aliphatic hydroxyl groups is 1. The Morgan fingerprint density at radius 1 is 1.34 bits per heavy atom. The smallest absolute Gasteiger partial charge is 0.240 e. The van der Waals surface area contributed by atoms with Crippen LogP contribution in [0, 0.1) is 12.8 Å². The Balaban J connectivity index is 1.64. The van der Waals surface area contributed by atoms with Crippen LogP contribution in [0.4, 0.5) is 5.82 Å². The van der Waals surface area contributed by atoms with Gasteiger partial charge in [-0.3, -0.25) is 0 Å². The van der Waals surface area contributed by atoms with Crippen molar-refractivity contribution in [2.75, 3.05) is 12.3 Å². The van der Waals surface area contributed by atoms with Gasteiger partial charge >= 0.3 is 0 Å². The number of hydrogen-bond acceptors (Lipinski definition) is 8. The van der Waals surface area contributed by atoms with E-state index < -0.39 is 10.0 Å². The quantitative estimate of drug-likeness (QED) is 0.532. The summed E-state index contributed by atoms with van der Waals surface area (Å²) in [6, 6.07) is 4.85. The molecule has 1 aliphatic carbocycles. The number of anilines is 1. The van der Waals surface area contributed by atoms with Crippen LogP contribution in [-0.4, -0.2) is 50.9 Å². The average molecular weight is 415 g/mol. The summed E-state index contributed by atoms with van der Waals surface area (Å²) >= 11 is 0. The number of sulfonamides is 1. The molecule has 0 saturated heterocycles. The highest BCUT2D eigenvalue weighted by atomic mass is 32.2. The molecular formula is C18H21N7O3S. The van der Waals surface area contributed by atoms with Crippen LogP contribution in [0.5, 0.6) is 0 Å². The first kappa shape index (κ1) is 19.4. The molecule has 4 rings (SSSR count). The minimum atomic E-state index is -3.69. The summed E-state index contributed by atoms with van der Waals surface area (Å²) in [6.07, 6.45) is 5.23. The number of aryl methyl sites for hydroxylation is 1. The average Bonchev–Trinajstić information content (AvgIpc) is 3.19. The molecule has 2 heterocycles. The monoisotopic (exact) mass is 415 g/mol. The molecule has 1 aliphatic rings. The number of rotatable bonds is 6. The standard InChI is InChI=1S/C18H21N7O3S/c1-11-2-3-14(29(27,28)23-7-12-4-13(26)5-12)6-15(11)16-8-21-17(19)18(24-16)25-10-20-9-22-25/h2-3,6,8-10,12-13,23,26H,4-5,7H2,1H3,(H2,19,21)/t12-,13-. The van der Waals surface area contributed by atoms with E-state index in [1.54, 1.807) is 18.2 Å². The van der Waals surface area contributed by atoms with Crippen LogP contribution in [0.15, 0.2) is 41.9 Å². The van der Waals surface area contributed by atoms with E-state index in [9.17, 15) is 13.5 Å². The molecule has 4 N–H and O–H groups in total. The van der Waals surface area contributed by atoms with Crippen LogP contribution in [0.1, 0.15) is 18.4 Å². The third-order valence-corrected chi connectivity index (χ3v) is 6.41. The van der Waals surface area contributed by atoms with Gasteiger partial charge in [-0.15, -0.1) is 0 Å². The zero-order valence-electron chi connectivity index (χ0n) is 15.7. The molecule has 0 amide bonds. The van der Waals surface area contributed by atoms with E-state index in [4.69, 9.17) is 5.73 Å². The maximum Gasteiger partial charge on any atom is 0.240 e. The second kappa shape index (κ2) is 7.50. The first-order chi connectivity index (χ1) is 13.8. The van der Waals surface area contributed by atoms with Gasteiger partial charge in [0.1, 0.15) is 12.7 Å². The Bertz CT molecular complexity index is 1130. The van der Waals surface area contributed by atoms with Crippen LogP contribution in [0.25, 0.3) is 17.1 Å². The van der Waals surface area contributed by atoms with Gasteiger partial charge in [-0.25, -0.2) is 28.1 Å². The first-order valence-corrected chi connectivity index (χ1v) is 10.6. The Morgan fingerprint density at radius 2 is 2.14 bits per heavy atom. The maximum atomic E-state index is 12.7. The zero-order chi connectivity index (χ0) is 20.6. The highest BCUT2D eigenvalue weighted by molar-refractivity contribution is 7.89. The lowest BCUT2D eigenvalue weighted by molar-refractivity contribution is 0.0453. The number of nitrogens with zero attached hydrogens (tertiary/aromatic N) is 5. The van der Waals surface area contributed by atoms with Crippen molar-refractivity contribution in [3.63, 3.8) is 0 Å². The van der Waals surface area contributed by atoms with Crippen LogP contribution in [0.2, 0.25) is 0 Å². The van der Waals surface area contributed by atoms with E-state index in [-0.39, 0.29) is 22.7 Å². The van der Waals surface area contributed by atoms with Crippen LogP contribution >= 0.6 is 0 Å². The third kappa shape index (κ3) is 3.97. The Hall–Kier alpha value is -2.89. The topological polar surface area (TPSA) is 149 Å². The molecule has 11 heteroatoms. The van der Waals surface area contributed by atoms with Gasteiger partial charge in [0, 0.05) is 12.1 Å². The first-order valence-electron chi connectivity index (χ1n) is 9.10. The number of hydrogen-bond donors (Lipinski definition) is 3. The van der Waals surface area contributed by atoms with E-state index in [2.05, 4.69) is 24.8 Å². The molecule has 0 bridgehead atoms. The van der Waals surface area contributed by atoms with E-state index in [0.29, 0.717) is 36.5 Å². The van der Waals surface area contributed by atoms with Crippen molar-refractivity contribution in [2.24, 2.45) is 5.92 Å². The number of nitrogens with one attached hydrogen (secondary N) is 1. The molecule has 0 unspecified atom stereocenters. The zero-order valence-corrected chi connectivity index (χ0v) is 16.5. The van der Waals surface area contributed by atoms with E-state index in [1.165, 1.54) is 23.5 Å². The van der Waals surface area contributed by atoms with Crippen molar-refractivity contribution in [2.45, 2.75) is 30.8 Å². The van der Waals surface area contributed by atoms with Gasteiger partial charge < -0.3 is 10.8 Å². The van der Waals surface area contributed by atoms with E-state index >= 15 is 0 Å². The molecule has 0 aliphatic heterocycles. The Morgan fingerprint density at radius 3 is 2.83 bits per heavy atom. The fourth-order valence-corrected chi connectivity index (χ4v) is 4.37. The summed E-state index contributed by atoms with van der Waals surface area (Å²) in [5.74, 6) is 0.664. The molecule has 3 aromatic rings. The lowest BCUT2D eigenvalue weighted by Gasteiger charge is -2.31. The summed E-state index contributed by atoms with van der Waals surface area (Å²) in [5, 5.41) is 13.4. The van der Waals surface area contributed by atoms with Crippen LogP contribution in [0.3, 0.4) is 0 Å². The van der Waals surface area contributed by atoms with Gasteiger partial charge in [-0.05, 0) is 43.4 Å². The summed E-state index contributed by atoms with van der Waals surface area (Å²) in [6.45, 7) is 2.17. The predicted molar refractivity (Wildman–Crippen MR) is 105 cm³/mol. The maximum absolute atomic E-state index is 12.7. The van der Waals surface area contributed by atoms with Gasteiger partial charge in [0.25, 0.3) is 0 Å². The normalized spacial score (nSPS) is 19.1. The number of nitrogens with two attached hydrogens (primary N) is 1. The van der Waals surface area contributed by atoms with Crippen molar-refractivity contribution in [1.82, 2.24) is 29.5 Å². The van der Waals surface area contributed by atoms with Gasteiger partial charge in [0.2, 0.25) is 10.0 Å². The molecule has 29 heavy (non-hydrogen) atoms. The minimum Gasteiger partial charge on any atom is -0.393 e. The van der Waals surface area contributed by atoms with Crippen molar-refractivity contribution in [1.29, 1.82) is 0 Å². The van der Waals surface area contributed by atoms with E-state index in [0.717, 1.165) is 5.56 Å². The molecule has 152 valence electrons. The summed E-state index contributed by atoms with van der Waals surface area (Å²) in [4.78, 5) is 12.7. The molecule has 0 radical (unpaired) electrons. The summed E-state index contributed by atoms with van der Waals surface area (Å²) < 4.78 is 29.4. The van der Waals surface area contributed by atoms with Gasteiger partial charge in [-0.2, -0.15) is 9.78 Å². The number of aliphatic hydroxyl groups excluding tert-OH is 1. The van der Waals surface area contributed by atoms with Crippen molar-refractivity contribution < 1.29 is 13.5 Å². The Labute approximate surface area is 167 Å². The molecule has 2 aromatic heterocycles. The molecule has 1 aromatic carbocycles. The Kier molecular flexibility index (Phi) is 5.03. The molecule has 1 saturated carbocycles. The molecule has 1 fully saturated rings. The highest BCUT2D eigenvalue weighted by Gasteiger charge is 2.28. The summed E-state index contributed by atoms with van der Waals surface area (Å²) in [7, 11) is -3.69. The van der Waals surface area contributed by atoms with Gasteiger partial charge in [0.05, 0.1) is 22.9 Å². The van der Waals surface area contributed by atoms with Crippen LogP contribution < -0.4 is 10.5 Å². The number of aromatic nitrogens is 5. The number of nitrogen functional groups attached to an aromatic ring is 1. The van der Waals surface area contributed by atoms with Crippen LogP contribution in [-0.2, 0) is 10.0 Å². The van der Waals surface area contributed by atoms with Crippen molar-refractivity contribution in [3.05, 3.63) is 42.6 Å². The largest absolute Gasteiger partial charge is 0.393 e. The minimum absolute atomic E-state index is 0.138. The molecule has 0 spiro atoms.